The van der Waals surface area contributed by atoms with Crippen LogP contribution >= 0.6 is 34.5 Å². The van der Waals surface area contributed by atoms with E-state index in [0.717, 1.165) is 11.4 Å². The third kappa shape index (κ3) is 4.30. The molecule has 2 aromatic rings. The van der Waals surface area contributed by atoms with Gasteiger partial charge in [-0.05, 0) is 31.5 Å². The van der Waals surface area contributed by atoms with Crippen molar-refractivity contribution < 1.29 is 4.79 Å². The van der Waals surface area contributed by atoms with E-state index >= 15 is 0 Å². The molecule has 21 heavy (non-hydrogen) atoms. The van der Waals surface area contributed by atoms with E-state index in [9.17, 15) is 4.79 Å². The predicted molar refractivity (Wildman–Crippen MR) is 87.5 cm³/mol. The van der Waals surface area contributed by atoms with Gasteiger partial charge in [0.1, 0.15) is 11.0 Å². The first kappa shape index (κ1) is 16.0. The summed E-state index contributed by atoms with van der Waals surface area (Å²) in [4.78, 5) is 12.1. The lowest BCUT2D eigenvalue weighted by atomic mass is 10.2. The van der Waals surface area contributed by atoms with Crippen LogP contribution in [0.15, 0.2) is 18.2 Å². The molecule has 0 spiro atoms. The number of benzene rings is 1. The molecule has 0 aliphatic rings. The fourth-order valence-electron chi connectivity index (χ4n) is 1.57. The SMILES string of the molecule is CCc1nnc(NC(=O)[C@@H](C)Nc2ccc(Cl)cc2Cl)s1. The van der Waals surface area contributed by atoms with E-state index in [0.29, 0.717) is 20.9 Å². The van der Waals surface area contributed by atoms with Gasteiger partial charge >= 0.3 is 0 Å². The van der Waals surface area contributed by atoms with Crippen molar-refractivity contribution in [3.8, 4) is 0 Å². The van der Waals surface area contributed by atoms with Gasteiger partial charge in [-0.2, -0.15) is 0 Å². The molecule has 0 aliphatic heterocycles. The molecule has 5 nitrogen and oxygen atoms in total. The molecule has 0 saturated heterocycles. The molecule has 0 aliphatic carbocycles. The van der Waals surface area contributed by atoms with Gasteiger partial charge in [-0.3, -0.25) is 10.1 Å². The highest BCUT2D eigenvalue weighted by Gasteiger charge is 2.16. The minimum Gasteiger partial charge on any atom is -0.373 e. The molecular formula is C13H14Cl2N4OS. The predicted octanol–water partition coefficient (Wildman–Crippen LogP) is 3.85. The van der Waals surface area contributed by atoms with E-state index in [1.54, 1.807) is 25.1 Å². The molecule has 1 aromatic heterocycles. The van der Waals surface area contributed by atoms with E-state index < -0.39 is 6.04 Å². The molecule has 0 bridgehead atoms. The zero-order valence-corrected chi connectivity index (χ0v) is 13.8. The minimum atomic E-state index is -0.474. The van der Waals surface area contributed by atoms with Crippen molar-refractivity contribution in [3.63, 3.8) is 0 Å². The summed E-state index contributed by atoms with van der Waals surface area (Å²) in [7, 11) is 0. The second kappa shape index (κ2) is 7.06. The van der Waals surface area contributed by atoms with Crippen LogP contribution in [0.3, 0.4) is 0 Å². The van der Waals surface area contributed by atoms with Crippen molar-refractivity contribution in [2.45, 2.75) is 26.3 Å². The average Bonchev–Trinajstić information content (AvgIpc) is 2.89. The van der Waals surface area contributed by atoms with Crippen LogP contribution in [-0.2, 0) is 11.2 Å². The molecule has 1 heterocycles. The number of aryl methyl sites for hydroxylation is 1. The number of carbonyl (C=O) groups excluding carboxylic acids is 1. The van der Waals surface area contributed by atoms with Gasteiger partial charge < -0.3 is 5.32 Å². The molecule has 0 radical (unpaired) electrons. The summed E-state index contributed by atoms with van der Waals surface area (Å²) in [5.41, 5.74) is 0.648. The molecule has 112 valence electrons. The number of aromatic nitrogens is 2. The largest absolute Gasteiger partial charge is 0.373 e. The van der Waals surface area contributed by atoms with Crippen molar-refractivity contribution in [2.24, 2.45) is 0 Å². The Bertz CT molecular complexity index is 647. The monoisotopic (exact) mass is 344 g/mol. The molecule has 1 atom stereocenters. The first-order chi connectivity index (χ1) is 9.99. The number of halogens is 2. The lowest BCUT2D eigenvalue weighted by molar-refractivity contribution is -0.116. The number of nitrogens with zero attached hydrogens (tertiary/aromatic N) is 2. The maximum atomic E-state index is 12.1. The van der Waals surface area contributed by atoms with Crippen molar-refractivity contribution >= 4 is 51.3 Å². The Morgan fingerprint density at radius 3 is 2.76 bits per heavy atom. The number of carbonyl (C=O) groups is 1. The van der Waals surface area contributed by atoms with Crippen LogP contribution in [0.4, 0.5) is 10.8 Å². The van der Waals surface area contributed by atoms with Crippen LogP contribution in [0.5, 0.6) is 0 Å². The molecule has 0 unspecified atom stereocenters. The Morgan fingerprint density at radius 2 is 2.14 bits per heavy atom. The molecule has 0 saturated carbocycles. The standard InChI is InChI=1S/C13H14Cl2N4OS/c1-3-11-18-19-13(21-11)17-12(20)7(2)16-10-5-4-8(14)6-9(10)15/h4-7,16H,3H2,1-2H3,(H,17,19,20)/t7-/m1/s1. The van der Waals surface area contributed by atoms with E-state index in [1.165, 1.54) is 11.3 Å². The quantitative estimate of drug-likeness (QED) is 0.864. The molecule has 1 aromatic carbocycles. The van der Waals surface area contributed by atoms with Crippen LogP contribution in [-0.4, -0.2) is 22.1 Å². The second-order valence-corrected chi connectivity index (χ2v) is 6.24. The van der Waals surface area contributed by atoms with Gasteiger partial charge in [0.05, 0.1) is 10.7 Å². The summed E-state index contributed by atoms with van der Waals surface area (Å²) >= 11 is 13.3. The number of rotatable bonds is 5. The lowest BCUT2D eigenvalue weighted by Gasteiger charge is -2.15. The Labute approximate surface area is 136 Å². The van der Waals surface area contributed by atoms with Crippen LogP contribution in [0.1, 0.15) is 18.9 Å². The summed E-state index contributed by atoms with van der Waals surface area (Å²) in [5.74, 6) is -0.209. The van der Waals surface area contributed by atoms with Crippen LogP contribution in [0.2, 0.25) is 10.0 Å². The maximum absolute atomic E-state index is 12.1. The van der Waals surface area contributed by atoms with Crippen LogP contribution in [0.25, 0.3) is 0 Å². The molecule has 2 N–H and O–H groups in total. The number of hydrogen-bond donors (Lipinski definition) is 2. The van der Waals surface area contributed by atoms with Gasteiger partial charge in [-0.25, -0.2) is 0 Å². The van der Waals surface area contributed by atoms with Crippen LogP contribution < -0.4 is 10.6 Å². The first-order valence-corrected chi connectivity index (χ1v) is 7.91. The highest BCUT2D eigenvalue weighted by Crippen LogP contribution is 2.26. The summed E-state index contributed by atoms with van der Waals surface area (Å²) in [6.07, 6.45) is 0.793. The van der Waals surface area contributed by atoms with E-state index in [-0.39, 0.29) is 5.91 Å². The first-order valence-electron chi connectivity index (χ1n) is 6.34. The summed E-state index contributed by atoms with van der Waals surface area (Å²) in [6, 6.07) is 4.58. The highest BCUT2D eigenvalue weighted by atomic mass is 35.5. The molecule has 2 rings (SSSR count). The molecule has 0 fully saturated rings. The third-order valence-corrected chi connectivity index (χ3v) is 4.23. The Balaban J connectivity index is 1.98. The van der Waals surface area contributed by atoms with Crippen LogP contribution in [0, 0.1) is 0 Å². The molecular weight excluding hydrogens is 331 g/mol. The van der Waals surface area contributed by atoms with E-state index in [4.69, 9.17) is 23.2 Å². The smallest absolute Gasteiger partial charge is 0.248 e. The summed E-state index contributed by atoms with van der Waals surface area (Å²) < 4.78 is 0. The van der Waals surface area contributed by atoms with E-state index in [1.807, 2.05) is 6.92 Å². The van der Waals surface area contributed by atoms with Gasteiger partial charge in [0.15, 0.2) is 0 Å². The topological polar surface area (TPSA) is 66.9 Å². The van der Waals surface area contributed by atoms with Crippen molar-refractivity contribution in [2.75, 3.05) is 10.6 Å². The Kier molecular flexibility index (Phi) is 5.39. The highest BCUT2D eigenvalue weighted by molar-refractivity contribution is 7.15. The van der Waals surface area contributed by atoms with E-state index in [2.05, 4.69) is 20.8 Å². The minimum absolute atomic E-state index is 0.209. The maximum Gasteiger partial charge on any atom is 0.248 e. The van der Waals surface area contributed by atoms with Gasteiger partial charge in [0.25, 0.3) is 0 Å². The number of nitrogens with one attached hydrogen (secondary N) is 2. The Morgan fingerprint density at radius 1 is 1.38 bits per heavy atom. The number of hydrogen-bond acceptors (Lipinski definition) is 5. The fourth-order valence-corrected chi connectivity index (χ4v) is 2.71. The fraction of sp³-hybridized carbons (Fsp3) is 0.308. The van der Waals surface area contributed by atoms with Crippen molar-refractivity contribution in [1.29, 1.82) is 0 Å². The molecule has 8 heteroatoms. The number of anilines is 2. The zero-order valence-electron chi connectivity index (χ0n) is 11.5. The van der Waals surface area contributed by atoms with Crippen molar-refractivity contribution in [3.05, 3.63) is 33.3 Å². The zero-order chi connectivity index (χ0) is 15.4. The van der Waals surface area contributed by atoms with Gasteiger partial charge in [0.2, 0.25) is 11.0 Å². The third-order valence-electron chi connectivity index (χ3n) is 2.70. The Hall–Kier alpha value is -1.37. The lowest BCUT2D eigenvalue weighted by Crippen LogP contribution is -2.31. The summed E-state index contributed by atoms with van der Waals surface area (Å²) in [6.45, 7) is 3.72. The van der Waals surface area contributed by atoms with Crippen molar-refractivity contribution in [1.82, 2.24) is 10.2 Å². The number of amides is 1. The summed E-state index contributed by atoms with van der Waals surface area (Å²) in [5, 5.41) is 16.0. The molecule has 1 amide bonds. The van der Waals surface area contributed by atoms with Gasteiger partial charge in [0, 0.05) is 5.02 Å². The van der Waals surface area contributed by atoms with Gasteiger partial charge in [-0.1, -0.05) is 41.5 Å². The average molecular weight is 345 g/mol. The normalized spacial score (nSPS) is 12.0. The van der Waals surface area contributed by atoms with Gasteiger partial charge in [-0.15, -0.1) is 10.2 Å². The second-order valence-electron chi connectivity index (χ2n) is 4.33.